The minimum absolute atomic E-state index is 0.0919. The molecule has 0 atom stereocenters. The predicted molar refractivity (Wildman–Crippen MR) is 71.7 cm³/mol. The van der Waals surface area contributed by atoms with E-state index >= 15 is 0 Å². The van der Waals surface area contributed by atoms with Crippen molar-refractivity contribution >= 4 is 48.9 Å². The van der Waals surface area contributed by atoms with E-state index in [0.717, 1.165) is 11.3 Å². The number of thiophene rings is 1. The molecule has 0 saturated carbocycles. The van der Waals surface area contributed by atoms with Gasteiger partial charge in [-0.1, -0.05) is 32.4 Å². The lowest BCUT2D eigenvalue weighted by Gasteiger charge is -2.18. The van der Waals surface area contributed by atoms with Crippen LogP contribution in [0.15, 0.2) is 14.1 Å². The molecule has 0 aliphatic rings. The lowest BCUT2D eigenvalue weighted by atomic mass is 9.98. The van der Waals surface area contributed by atoms with Crippen molar-refractivity contribution in [2.45, 2.75) is 25.0 Å². The summed E-state index contributed by atoms with van der Waals surface area (Å²) in [5.74, 6) is 0. The van der Waals surface area contributed by atoms with E-state index in [4.69, 9.17) is 11.6 Å². The fraction of sp³-hybridized carbons (Fsp3) is 0.556. The Hall–Kier alpha value is 0.380. The second kappa shape index (κ2) is 4.94. The molecule has 1 aromatic heterocycles. The van der Waals surface area contributed by atoms with Crippen LogP contribution in [0.25, 0.3) is 0 Å². The maximum atomic E-state index is 11.9. The van der Waals surface area contributed by atoms with Crippen molar-refractivity contribution in [2.75, 3.05) is 6.54 Å². The molecule has 7 heteroatoms. The zero-order chi connectivity index (χ0) is 12.6. The summed E-state index contributed by atoms with van der Waals surface area (Å²) in [7, 11) is -3.44. The Labute approximate surface area is 113 Å². The second-order valence-corrected chi connectivity index (χ2v) is 9.34. The average Bonchev–Trinajstić information content (AvgIpc) is 2.44. The molecule has 92 valence electrons. The Morgan fingerprint density at radius 3 is 2.44 bits per heavy atom. The van der Waals surface area contributed by atoms with Crippen molar-refractivity contribution in [2.24, 2.45) is 5.41 Å². The Kier molecular flexibility index (Phi) is 4.46. The maximum absolute atomic E-state index is 11.9. The Morgan fingerprint density at radius 1 is 1.50 bits per heavy atom. The van der Waals surface area contributed by atoms with Gasteiger partial charge in [-0.3, -0.25) is 0 Å². The highest BCUT2D eigenvalue weighted by molar-refractivity contribution is 9.11. The summed E-state index contributed by atoms with van der Waals surface area (Å²) in [6, 6.07) is 1.45. The van der Waals surface area contributed by atoms with E-state index in [0.29, 0.717) is 15.4 Å². The Morgan fingerprint density at radius 2 is 2.06 bits per heavy atom. The molecule has 3 nitrogen and oxygen atoms in total. The van der Waals surface area contributed by atoms with Crippen LogP contribution < -0.4 is 4.72 Å². The van der Waals surface area contributed by atoms with E-state index in [1.165, 1.54) is 6.07 Å². The fourth-order valence-corrected chi connectivity index (χ4v) is 4.57. The third-order valence-corrected chi connectivity index (χ3v) is 6.03. The number of hydrogen-bond donors (Lipinski definition) is 1. The molecule has 1 N–H and O–H groups in total. The normalized spacial score (nSPS) is 13.1. The predicted octanol–water partition coefficient (Wildman–Crippen LogP) is 3.49. The molecule has 0 unspecified atom stereocenters. The number of hydrogen-bond acceptors (Lipinski definition) is 3. The quantitative estimate of drug-likeness (QED) is 0.910. The molecule has 1 rings (SSSR count). The van der Waals surface area contributed by atoms with Crippen molar-refractivity contribution in [3.63, 3.8) is 0 Å². The smallest absolute Gasteiger partial charge is 0.210 e. The van der Waals surface area contributed by atoms with Gasteiger partial charge < -0.3 is 0 Å². The van der Waals surface area contributed by atoms with Gasteiger partial charge in [0.2, 0.25) is 10.0 Å². The van der Waals surface area contributed by atoms with E-state index in [9.17, 15) is 8.42 Å². The molecule has 16 heavy (non-hydrogen) atoms. The Balaban J connectivity index is 2.87. The molecule has 1 aromatic rings. The molecule has 0 amide bonds. The standard InChI is InChI=1S/C9H13BrClNO2S2/c1-9(2,3)5-12-16(13,14)7-4-6(11)8(10)15-7/h4,12H,5H2,1-3H3. The van der Waals surface area contributed by atoms with Gasteiger partial charge in [-0.2, -0.15) is 0 Å². The molecular weight excluding hydrogens is 334 g/mol. The first-order valence-corrected chi connectivity index (χ1v) is 8.03. The van der Waals surface area contributed by atoms with Crippen molar-refractivity contribution < 1.29 is 8.42 Å². The monoisotopic (exact) mass is 345 g/mol. The third-order valence-electron chi connectivity index (χ3n) is 1.68. The molecule has 0 saturated heterocycles. The summed E-state index contributed by atoms with van der Waals surface area (Å²) in [4.78, 5) is 0. The SMILES string of the molecule is CC(C)(C)CNS(=O)(=O)c1cc(Cl)c(Br)s1. The van der Waals surface area contributed by atoms with Crippen LogP contribution in [0, 0.1) is 5.41 Å². The third kappa shape index (κ3) is 4.00. The van der Waals surface area contributed by atoms with Crippen LogP contribution in [0.2, 0.25) is 5.02 Å². The van der Waals surface area contributed by atoms with Gasteiger partial charge in [-0.25, -0.2) is 13.1 Å². The zero-order valence-corrected chi connectivity index (χ0v) is 13.1. The van der Waals surface area contributed by atoms with Gasteiger partial charge in [0.1, 0.15) is 4.21 Å². The maximum Gasteiger partial charge on any atom is 0.250 e. The molecule has 0 radical (unpaired) electrons. The van der Waals surface area contributed by atoms with Gasteiger partial charge in [-0.15, -0.1) is 11.3 Å². The summed E-state index contributed by atoms with van der Waals surface area (Å²) < 4.78 is 27.1. The highest BCUT2D eigenvalue weighted by atomic mass is 79.9. The van der Waals surface area contributed by atoms with Crippen LogP contribution >= 0.6 is 38.9 Å². The number of rotatable bonds is 3. The lowest BCUT2D eigenvalue weighted by Crippen LogP contribution is -2.31. The first-order valence-electron chi connectivity index (χ1n) is 4.56. The second-order valence-electron chi connectivity index (χ2n) is 4.57. The van der Waals surface area contributed by atoms with Crippen molar-refractivity contribution in [1.29, 1.82) is 0 Å². The highest BCUT2D eigenvalue weighted by Gasteiger charge is 2.21. The van der Waals surface area contributed by atoms with Crippen LogP contribution in [0.5, 0.6) is 0 Å². The topological polar surface area (TPSA) is 46.2 Å². The minimum atomic E-state index is -3.44. The summed E-state index contributed by atoms with van der Waals surface area (Å²) in [6.45, 7) is 6.29. The average molecular weight is 347 g/mol. The van der Waals surface area contributed by atoms with Crippen LogP contribution in [-0.2, 0) is 10.0 Å². The molecule has 0 aromatic carbocycles. The summed E-state index contributed by atoms with van der Waals surface area (Å²) in [5.41, 5.74) is -0.0919. The zero-order valence-electron chi connectivity index (χ0n) is 9.17. The first-order chi connectivity index (χ1) is 7.12. The van der Waals surface area contributed by atoms with Gasteiger partial charge in [0, 0.05) is 6.54 Å². The molecule has 1 heterocycles. The van der Waals surface area contributed by atoms with Gasteiger partial charge in [-0.05, 0) is 27.4 Å². The molecule has 0 bridgehead atoms. The van der Waals surface area contributed by atoms with E-state index in [1.54, 1.807) is 0 Å². The van der Waals surface area contributed by atoms with E-state index in [1.807, 2.05) is 20.8 Å². The fourth-order valence-electron chi connectivity index (χ4n) is 0.842. The molecule has 0 aliphatic heterocycles. The summed E-state index contributed by atoms with van der Waals surface area (Å²) in [5, 5.41) is 0.418. The number of sulfonamides is 1. The van der Waals surface area contributed by atoms with Crippen LogP contribution in [0.4, 0.5) is 0 Å². The van der Waals surface area contributed by atoms with Crippen LogP contribution in [-0.4, -0.2) is 15.0 Å². The van der Waals surface area contributed by atoms with Crippen LogP contribution in [0.1, 0.15) is 20.8 Å². The van der Waals surface area contributed by atoms with E-state index in [-0.39, 0.29) is 9.62 Å². The largest absolute Gasteiger partial charge is 0.250 e. The highest BCUT2D eigenvalue weighted by Crippen LogP contribution is 2.34. The van der Waals surface area contributed by atoms with Crippen molar-refractivity contribution in [3.8, 4) is 0 Å². The summed E-state index contributed by atoms with van der Waals surface area (Å²) >= 11 is 10.1. The van der Waals surface area contributed by atoms with E-state index in [2.05, 4.69) is 20.7 Å². The van der Waals surface area contributed by atoms with Gasteiger partial charge >= 0.3 is 0 Å². The molecule has 0 fully saturated rings. The molecule has 0 spiro atoms. The van der Waals surface area contributed by atoms with Crippen LogP contribution in [0.3, 0.4) is 0 Å². The van der Waals surface area contributed by atoms with Gasteiger partial charge in [0.05, 0.1) is 8.81 Å². The van der Waals surface area contributed by atoms with E-state index < -0.39 is 10.0 Å². The summed E-state index contributed by atoms with van der Waals surface area (Å²) in [6.07, 6.45) is 0. The van der Waals surface area contributed by atoms with Crippen molar-refractivity contribution in [1.82, 2.24) is 4.72 Å². The first kappa shape index (κ1) is 14.4. The number of nitrogens with one attached hydrogen (secondary N) is 1. The Bertz CT molecular complexity index is 457. The molecule has 0 aliphatic carbocycles. The van der Waals surface area contributed by atoms with Gasteiger partial charge in [0.15, 0.2) is 0 Å². The lowest BCUT2D eigenvalue weighted by molar-refractivity contribution is 0.408. The molecular formula is C9H13BrClNO2S2. The number of halogens is 2. The van der Waals surface area contributed by atoms with Crippen molar-refractivity contribution in [3.05, 3.63) is 14.9 Å². The minimum Gasteiger partial charge on any atom is -0.210 e. The van der Waals surface area contributed by atoms with Gasteiger partial charge in [0.25, 0.3) is 0 Å².